The Labute approximate surface area is 166 Å². The molecule has 0 bridgehead atoms. The monoisotopic (exact) mass is 417 g/mol. The first-order chi connectivity index (χ1) is 11.1. The number of nitrogens with zero attached hydrogens (tertiary/aromatic N) is 1. The van der Waals surface area contributed by atoms with E-state index < -0.39 is 0 Å². The topological polar surface area (TPSA) is 0 Å². The van der Waals surface area contributed by atoms with Crippen LogP contribution in [0.4, 0.5) is 0 Å². The molecular weight excluding hydrogens is 382 g/mol. The smallest absolute Gasteiger partial charge is 0.0784 e. The first kappa shape index (κ1) is 23.9. The molecule has 1 rings (SSSR count). The van der Waals surface area contributed by atoms with Crippen molar-refractivity contribution in [1.82, 2.24) is 0 Å². The van der Waals surface area contributed by atoms with Crippen LogP contribution in [0, 0.1) is 0 Å². The summed E-state index contributed by atoms with van der Waals surface area (Å²) in [5.41, 5.74) is 1.42. The largest absolute Gasteiger partial charge is 1.00 e. The van der Waals surface area contributed by atoms with Crippen LogP contribution in [-0.4, -0.2) is 31.2 Å². The van der Waals surface area contributed by atoms with Crippen molar-refractivity contribution in [1.29, 1.82) is 0 Å². The molecule has 0 aliphatic carbocycles. The number of rotatable bonds is 13. The second kappa shape index (κ2) is 14.2. The maximum absolute atomic E-state index is 5.95. The minimum Gasteiger partial charge on any atom is -1.00 e. The molecule has 1 nitrogen and oxygen atoms in total. The fourth-order valence-electron chi connectivity index (χ4n) is 3.30. The Kier molecular flexibility index (Phi) is 14.1. The third-order valence-corrected chi connectivity index (χ3v) is 5.18. The van der Waals surface area contributed by atoms with E-state index >= 15 is 0 Å². The van der Waals surface area contributed by atoms with E-state index in [0.717, 1.165) is 5.02 Å². The summed E-state index contributed by atoms with van der Waals surface area (Å²) in [6, 6.07) is 8.34. The van der Waals surface area contributed by atoms with Crippen LogP contribution in [0.1, 0.15) is 70.8 Å². The van der Waals surface area contributed by atoms with Gasteiger partial charge in [-0.15, -0.1) is 0 Å². The summed E-state index contributed by atoms with van der Waals surface area (Å²) in [5.74, 6) is 0. The molecule has 0 aromatic heterocycles. The maximum atomic E-state index is 5.95. The predicted molar refractivity (Wildman–Crippen MR) is 104 cm³/mol. The maximum Gasteiger partial charge on any atom is 0.0784 e. The molecule has 0 aliphatic rings. The Balaban J connectivity index is 0.00000529. The molecule has 0 saturated heterocycles. The van der Waals surface area contributed by atoms with Crippen molar-refractivity contribution in [2.75, 3.05) is 26.7 Å². The van der Waals surface area contributed by atoms with Crippen LogP contribution in [0.5, 0.6) is 0 Å². The summed E-state index contributed by atoms with van der Waals surface area (Å²) in [5, 5.41) is 0.838. The van der Waals surface area contributed by atoms with E-state index in [2.05, 4.69) is 33.0 Å². The summed E-state index contributed by atoms with van der Waals surface area (Å²) < 4.78 is 1.28. The summed E-state index contributed by atoms with van der Waals surface area (Å²) >= 11 is 5.95. The minimum absolute atomic E-state index is 0. The predicted octanol–water partition coefficient (Wildman–Crippen LogP) is 3.49. The first-order valence-electron chi connectivity index (χ1n) is 9.67. The number of quaternary nitrogens is 1. The summed E-state index contributed by atoms with van der Waals surface area (Å²) in [6.07, 6.45) is 12.0. The van der Waals surface area contributed by atoms with Crippen LogP contribution >= 0.6 is 11.6 Å². The fraction of sp³-hybridized carbons (Fsp3) is 0.714. The second-order valence-electron chi connectivity index (χ2n) is 7.29. The van der Waals surface area contributed by atoms with Gasteiger partial charge in [0.05, 0.1) is 26.7 Å². The standard InChI is InChI=1S/C21H37ClN.BrH/c1-4-6-9-17-23(3,18-10-7-5-2)19-11-8-12-20-13-15-21(22)16-14-20;/h13-16H,4-12,17-19H2,1-3H3;1H/q+1;/p-1. The van der Waals surface area contributed by atoms with Gasteiger partial charge in [-0.25, -0.2) is 0 Å². The van der Waals surface area contributed by atoms with Crippen molar-refractivity contribution in [2.45, 2.75) is 71.6 Å². The van der Waals surface area contributed by atoms with Gasteiger partial charge < -0.3 is 21.5 Å². The van der Waals surface area contributed by atoms with Gasteiger partial charge in [-0.1, -0.05) is 50.4 Å². The molecule has 0 fully saturated rings. The second-order valence-corrected chi connectivity index (χ2v) is 7.72. The van der Waals surface area contributed by atoms with Crippen LogP contribution in [0.2, 0.25) is 5.02 Å². The third kappa shape index (κ3) is 10.7. The van der Waals surface area contributed by atoms with E-state index in [0.29, 0.717) is 0 Å². The van der Waals surface area contributed by atoms with Gasteiger partial charge >= 0.3 is 0 Å². The number of benzene rings is 1. The highest BCUT2D eigenvalue weighted by Crippen LogP contribution is 2.15. The Morgan fingerprint density at radius 1 is 0.750 bits per heavy atom. The van der Waals surface area contributed by atoms with Gasteiger partial charge in [-0.2, -0.15) is 0 Å². The van der Waals surface area contributed by atoms with Crippen LogP contribution in [0.15, 0.2) is 24.3 Å². The van der Waals surface area contributed by atoms with Gasteiger partial charge in [0.15, 0.2) is 0 Å². The molecule has 0 unspecified atom stereocenters. The molecule has 0 radical (unpaired) electrons. The lowest BCUT2D eigenvalue weighted by molar-refractivity contribution is -0.910. The Bertz CT molecular complexity index is 395. The van der Waals surface area contributed by atoms with Gasteiger partial charge in [-0.3, -0.25) is 0 Å². The molecule has 0 aliphatic heterocycles. The number of halogens is 2. The van der Waals surface area contributed by atoms with Crippen LogP contribution in [0.25, 0.3) is 0 Å². The zero-order valence-corrected chi connectivity index (χ0v) is 18.3. The molecule has 24 heavy (non-hydrogen) atoms. The molecule has 140 valence electrons. The lowest BCUT2D eigenvalue weighted by Gasteiger charge is -2.35. The van der Waals surface area contributed by atoms with Crippen molar-refractivity contribution in [3.63, 3.8) is 0 Å². The van der Waals surface area contributed by atoms with Crippen LogP contribution in [-0.2, 0) is 6.42 Å². The summed E-state index contributed by atoms with van der Waals surface area (Å²) in [4.78, 5) is 0. The van der Waals surface area contributed by atoms with E-state index in [9.17, 15) is 0 Å². The summed E-state index contributed by atoms with van der Waals surface area (Å²) in [7, 11) is 2.48. The Morgan fingerprint density at radius 3 is 1.67 bits per heavy atom. The van der Waals surface area contributed by atoms with Crippen molar-refractivity contribution in [2.24, 2.45) is 0 Å². The molecule has 1 aromatic carbocycles. The quantitative estimate of drug-likeness (QED) is 0.340. The highest BCUT2D eigenvalue weighted by atomic mass is 79.9. The van der Waals surface area contributed by atoms with E-state index in [1.54, 1.807) is 0 Å². The van der Waals surface area contributed by atoms with Crippen molar-refractivity contribution in [3.05, 3.63) is 34.9 Å². The molecule has 3 heteroatoms. The van der Waals surface area contributed by atoms with Gasteiger partial charge in [0, 0.05) is 5.02 Å². The van der Waals surface area contributed by atoms with Crippen molar-refractivity contribution < 1.29 is 21.5 Å². The van der Waals surface area contributed by atoms with Crippen LogP contribution < -0.4 is 17.0 Å². The molecule has 1 aromatic rings. The average molecular weight is 419 g/mol. The Morgan fingerprint density at radius 2 is 1.21 bits per heavy atom. The lowest BCUT2D eigenvalue weighted by atomic mass is 10.1. The van der Waals surface area contributed by atoms with Gasteiger partial charge in [-0.05, 0) is 62.6 Å². The molecule has 0 spiro atoms. The molecule has 0 heterocycles. The lowest BCUT2D eigenvalue weighted by Crippen LogP contribution is -3.00. The minimum atomic E-state index is 0. The molecule has 0 atom stereocenters. The number of aryl methyl sites for hydroxylation is 1. The number of hydrogen-bond donors (Lipinski definition) is 0. The SMILES string of the molecule is CCCCC[N+](C)(CCCCC)CCCCc1ccc(Cl)cc1.[Br-]. The van der Waals surface area contributed by atoms with Gasteiger partial charge in [0.1, 0.15) is 0 Å². The van der Waals surface area contributed by atoms with Gasteiger partial charge in [0.25, 0.3) is 0 Å². The first-order valence-corrected chi connectivity index (χ1v) is 10.1. The van der Waals surface area contributed by atoms with E-state index in [4.69, 9.17) is 11.6 Å². The van der Waals surface area contributed by atoms with E-state index in [1.807, 2.05) is 12.1 Å². The molecular formula is C21H37BrClN. The van der Waals surface area contributed by atoms with Crippen molar-refractivity contribution >= 4 is 11.6 Å². The van der Waals surface area contributed by atoms with E-state index in [-0.39, 0.29) is 17.0 Å². The third-order valence-electron chi connectivity index (χ3n) is 4.93. The number of unbranched alkanes of at least 4 members (excludes halogenated alkanes) is 5. The zero-order chi connectivity index (χ0) is 17.0. The Hall–Kier alpha value is -0.0500. The molecule has 0 amide bonds. The normalized spacial score (nSPS) is 11.3. The van der Waals surface area contributed by atoms with Gasteiger partial charge in [0.2, 0.25) is 0 Å². The fourth-order valence-corrected chi connectivity index (χ4v) is 3.42. The van der Waals surface area contributed by atoms with Crippen LogP contribution in [0.3, 0.4) is 0 Å². The zero-order valence-electron chi connectivity index (χ0n) is 16.0. The summed E-state index contributed by atoms with van der Waals surface area (Å²) in [6.45, 7) is 8.65. The number of hydrogen-bond acceptors (Lipinski definition) is 0. The average Bonchev–Trinajstić information content (AvgIpc) is 2.54. The highest BCUT2D eigenvalue weighted by molar-refractivity contribution is 6.30. The van der Waals surface area contributed by atoms with Crippen molar-refractivity contribution in [3.8, 4) is 0 Å². The van der Waals surface area contributed by atoms with E-state index in [1.165, 1.54) is 87.5 Å². The molecule has 0 saturated carbocycles. The highest BCUT2D eigenvalue weighted by Gasteiger charge is 2.19. The molecule has 0 N–H and O–H groups in total.